The second-order valence-corrected chi connectivity index (χ2v) is 6.74. The van der Waals surface area contributed by atoms with Gasteiger partial charge >= 0.3 is 6.18 Å². The van der Waals surface area contributed by atoms with Gasteiger partial charge in [0.25, 0.3) is 0 Å². The first-order valence-corrected chi connectivity index (χ1v) is 8.77. The molecule has 5 heteroatoms. The fourth-order valence-corrected chi connectivity index (χ4v) is 3.64. The molecule has 0 radical (unpaired) electrons. The Labute approximate surface area is 155 Å². The summed E-state index contributed by atoms with van der Waals surface area (Å²) in [7, 11) is 0. The molecule has 1 unspecified atom stereocenters. The number of halogens is 3. The van der Waals surface area contributed by atoms with Crippen molar-refractivity contribution in [2.75, 3.05) is 5.32 Å². The Bertz CT molecular complexity index is 964. The van der Waals surface area contributed by atoms with Crippen molar-refractivity contribution in [3.8, 4) is 16.9 Å². The van der Waals surface area contributed by atoms with Crippen molar-refractivity contribution in [2.45, 2.75) is 25.1 Å². The van der Waals surface area contributed by atoms with Crippen LogP contribution in [-0.4, -0.2) is 5.11 Å². The summed E-state index contributed by atoms with van der Waals surface area (Å²) in [6, 6.07) is 18.4. The largest absolute Gasteiger partial charge is 0.508 e. The fraction of sp³-hybridized carbons (Fsp3) is 0.182. The van der Waals surface area contributed by atoms with E-state index in [0.29, 0.717) is 0 Å². The van der Waals surface area contributed by atoms with Gasteiger partial charge in [0.2, 0.25) is 0 Å². The Balaban J connectivity index is 1.64. The summed E-state index contributed by atoms with van der Waals surface area (Å²) in [5, 5.41) is 13.2. The van der Waals surface area contributed by atoms with Crippen LogP contribution in [0.2, 0.25) is 0 Å². The van der Waals surface area contributed by atoms with Crippen LogP contribution < -0.4 is 5.32 Å². The molecule has 0 saturated carbocycles. The second-order valence-electron chi connectivity index (χ2n) is 6.74. The molecule has 0 aliphatic carbocycles. The molecule has 3 aromatic rings. The molecule has 1 aliphatic heterocycles. The molecule has 0 amide bonds. The summed E-state index contributed by atoms with van der Waals surface area (Å²) >= 11 is 0. The maximum Gasteiger partial charge on any atom is 0.416 e. The van der Waals surface area contributed by atoms with E-state index in [1.165, 1.54) is 12.1 Å². The molecule has 0 bridgehead atoms. The third kappa shape index (κ3) is 3.50. The van der Waals surface area contributed by atoms with Crippen LogP contribution in [0.25, 0.3) is 11.1 Å². The van der Waals surface area contributed by atoms with E-state index in [9.17, 15) is 18.3 Å². The Hall–Kier alpha value is -2.95. The van der Waals surface area contributed by atoms with Crippen LogP contribution in [0.4, 0.5) is 18.9 Å². The predicted octanol–water partition coefficient (Wildman–Crippen LogP) is 6.18. The van der Waals surface area contributed by atoms with Crippen molar-refractivity contribution < 1.29 is 18.3 Å². The van der Waals surface area contributed by atoms with Crippen molar-refractivity contribution in [2.24, 2.45) is 0 Å². The van der Waals surface area contributed by atoms with E-state index in [1.807, 2.05) is 30.3 Å². The number of hydrogen-bond acceptors (Lipinski definition) is 2. The third-order valence-corrected chi connectivity index (χ3v) is 4.98. The smallest absolute Gasteiger partial charge is 0.416 e. The quantitative estimate of drug-likeness (QED) is 0.565. The molecule has 138 valence electrons. The van der Waals surface area contributed by atoms with Gasteiger partial charge in [0.1, 0.15) is 5.75 Å². The van der Waals surface area contributed by atoms with Gasteiger partial charge < -0.3 is 10.4 Å². The second kappa shape index (κ2) is 6.65. The number of rotatable bonds is 2. The first-order chi connectivity index (χ1) is 12.9. The molecule has 2 N–H and O–H groups in total. The van der Waals surface area contributed by atoms with Crippen LogP contribution in [0.1, 0.15) is 29.2 Å². The van der Waals surface area contributed by atoms with Crippen LogP contribution in [0.3, 0.4) is 0 Å². The molecular weight excluding hydrogens is 351 g/mol. The number of phenolic OH excluding ortho intramolecular Hbond substituents is 1. The van der Waals surface area contributed by atoms with Gasteiger partial charge in [-0.3, -0.25) is 0 Å². The van der Waals surface area contributed by atoms with Crippen LogP contribution >= 0.6 is 0 Å². The van der Waals surface area contributed by atoms with E-state index in [4.69, 9.17) is 0 Å². The molecule has 0 fully saturated rings. The highest BCUT2D eigenvalue weighted by molar-refractivity contribution is 5.75. The Morgan fingerprint density at radius 3 is 2.37 bits per heavy atom. The number of alkyl halides is 3. The van der Waals surface area contributed by atoms with Gasteiger partial charge in [-0.15, -0.1) is 0 Å². The average molecular weight is 369 g/mol. The zero-order valence-electron chi connectivity index (χ0n) is 14.4. The SMILES string of the molecule is Oc1cccc(C2CCc3c(cccc3-c3ccc(C(F)(F)F)cc3)N2)c1. The summed E-state index contributed by atoms with van der Waals surface area (Å²) < 4.78 is 38.4. The van der Waals surface area contributed by atoms with Crippen molar-refractivity contribution in [1.82, 2.24) is 0 Å². The zero-order chi connectivity index (χ0) is 19.0. The lowest BCUT2D eigenvalue weighted by atomic mass is 9.88. The highest BCUT2D eigenvalue weighted by atomic mass is 19.4. The molecule has 0 saturated heterocycles. The van der Waals surface area contributed by atoms with E-state index in [2.05, 4.69) is 5.32 Å². The lowest BCUT2D eigenvalue weighted by Crippen LogP contribution is -2.18. The molecule has 1 heterocycles. The summed E-state index contributed by atoms with van der Waals surface area (Å²) in [4.78, 5) is 0. The highest BCUT2D eigenvalue weighted by Crippen LogP contribution is 2.39. The molecule has 0 spiro atoms. The van der Waals surface area contributed by atoms with Gasteiger partial charge in [-0.05, 0) is 65.4 Å². The lowest BCUT2D eigenvalue weighted by Gasteiger charge is -2.29. The first kappa shape index (κ1) is 17.5. The van der Waals surface area contributed by atoms with Crippen molar-refractivity contribution in [3.63, 3.8) is 0 Å². The number of benzene rings is 3. The minimum atomic E-state index is -4.33. The number of anilines is 1. The number of nitrogens with one attached hydrogen (secondary N) is 1. The molecule has 0 aromatic heterocycles. The number of fused-ring (bicyclic) bond motifs is 1. The number of aromatic hydroxyl groups is 1. The highest BCUT2D eigenvalue weighted by Gasteiger charge is 2.30. The van der Waals surface area contributed by atoms with Gasteiger partial charge in [0.15, 0.2) is 0 Å². The molecule has 27 heavy (non-hydrogen) atoms. The molecular formula is C22H18F3NO. The minimum Gasteiger partial charge on any atom is -0.508 e. The monoisotopic (exact) mass is 369 g/mol. The standard InChI is InChI=1S/C22H18F3NO/c23-22(24,25)16-9-7-14(8-10-16)18-5-2-6-21-19(18)11-12-20(26-21)15-3-1-4-17(27)13-15/h1-10,13,20,26-27H,11-12H2. The van der Waals surface area contributed by atoms with E-state index in [1.54, 1.807) is 12.1 Å². The number of hydrogen-bond donors (Lipinski definition) is 2. The van der Waals surface area contributed by atoms with Crippen LogP contribution in [0.5, 0.6) is 5.75 Å². The number of phenols is 1. The van der Waals surface area contributed by atoms with Crippen LogP contribution in [-0.2, 0) is 12.6 Å². The first-order valence-electron chi connectivity index (χ1n) is 8.77. The van der Waals surface area contributed by atoms with Crippen molar-refractivity contribution >= 4 is 5.69 Å². The van der Waals surface area contributed by atoms with E-state index >= 15 is 0 Å². The van der Waals surface area contributed by atoms with E-state index < -0.39 is 11.7 Å². The van der Waals surface area contributed by atoms with Gasteiger partial charge in [0, 0.05) is 5.69 Å². The third-order valence-electron chi connectivity index (χ3n) is 4.98. The Morgan fingerprint density at radius 2 is 1.67 bits per heavy atom. The van der Waals surface area contributed by atoms with Gasteiger partial charge in [-0.25, -0.2) is 0 Å². The molecule has 3 aromatic carbocycles. The summed E-state index contributed by atoms with van der Waals surface area (Å²) in [5.74, 6) is 0.235. The lowest BCUT2D eigenvalue weighted by molar-refractivity contribution is -0.137. The molecule has 2 nitrogen and oxygen atoms in total. The Kier molecular flexibility index (Phi) is 4.30. The van der Waals surface area contributed by atoms with Crippen LogP contribution in [0, 0.1) is 0 Å². The Morgan fingerprint density at radius 1 is 0.926 bits per heavy atom. The van der Waals surface area contributed by atoms with Gasteiger partial charge in [0.05, 0.1) is 11.6 Å². The summed E-state index contributed by atoms with van der Waals surface area (Å²) in [6.45, 7) is 0. The molecule has 1 atom stereocenters. The maximum atomic E-state index is 12.8. The van der Waals surface area contributed by atoms with Crippen molar-refractivity contribution in [3.05, 3.63) is 83.4 Å². The average Bonchev–Trinajstić information content (AvgIpc) is 2.66. The predicted molar refractivity (Wildman–Crippen MR) is 99.7 cm³/mol. The van der Waals surface area contributed by atoms with Gasteiger partial charge in [-0.2, -0.15) is 13.2 Å². The van der Waals surface area contributed by atoms with E-state index in [0.717, 1.165) is 52.9 Å². The summed E-state index contributed by atoms with van der Waals surface area (Å²) in [6.07, 6.45) is -2.68. The van der Waals surface area contributed by atoms with Crippen molar-refractivity contribution in [1.29, 1.82) is 0 Å². The van der Waals surface area contributed by atoms with Crippen LogP contribution in [0.15, 0.2) is 66.7 Å². The maximum absolute atomic E-state index is 12.8. The zero-order valence-corrected chi connectivity index (χ0v) is 14.4. The fourth-order valence-electron chi connectivity index (χ4n) is 3.64. The summed E-state index contributed by atoms with van der Waals surface area (Å²) in [5.41, 5.74) is 4.18. The van der Waals surface area contributed by atoms with E-state index in [-0.39, 0.29) is 11.8 Å². The normalized spacial score (nSPS) is 16.5. The minimum absolute atomic E-state index is 0.0902. The topological polar surface area (TPSA) is 32.3 Å². The molecule has 1 aliphatic rings. The van der Waals surface area contributed by atoms with Gasteiger partial charge in [-0.1, -0.05) is 36.4 Å². The molecule has 4 rings (SSSR count).